The molecule has 1 amide bonds. The molecule has 3 nitrogen and oxygen atoms in total. The van der Waals surface area contributed by atoms with Crippen LogP contribution < -0.4 is 0 Å². The van der Waals surface area contributed by atoms with Gasteiger partial charge in [0, 0.05) is 34.7 Å². The van der Waals surface area contributed by atoms with Crippen LogP contribution in [-0.4, -0.2) is 27.7 Å². The fourth-order valence-corrected chi connectivity index (χ4v) is 4.06. The number of hydrogen-bond acceptors (Lipinski definition) is 2. The smallest absolute Gasteiger partial charge is 0.233 e. The Morgan fingerprint density at radius 3 is 3.00 bits per heavy atom. The lowest BCUT2D eigenvalue weighted by atomic mass is 10.3. The van der Waals surface area contributed by atoms with E-state index in [0.29, 0.717) is 5.75 Å². The number of carbonyl (C=O) groups excluding carboxylic acids is 1. The molecular formula is C15H15BrN2OS. The molecule has 0 spiro atoms. The van der Waals surface area contributed by atoms with Gasteiger partial charge >= 0.3 is 0 Å². The molecule has 1 aromatic heterocycles. The van der Waals surface area contributed by atoms with Gasteiger partial charge in [0.25, 0.3) is 0 Å². The fraction of sp³-hybridized carbons (Fsp3) is 0.267. The molecule has 1 aliphatic rings. The summed E-state index contributed by atoms with van der Waals surface area (Å²) in [5.41, 5.74) is 2.30. The first-order valence-corrected chi connectivity index (χ1v) is 8.38. The highest BCUT2D eigenvalue weighted by atomic mass is 79.9. The third-order valence-electron chi connectivity index (χ3n) is 3.42. The van der Waals surface area contributed by atoms with Gasteiger partial charge in [-0.3, -0.25) is 4.79 Å². The van der Waals surface area contributed by atoms with Gasteiger partial charge in [-0.25, -0.2) is 0 Å². The minimum Gasteiger partial charge on any atom is -0.326 e. The predicted molar refractivity (Wildman–Crippen MR) is 86.1 cm³/mol. The van der Waals surface area contributed by atoms with E-state index in [1.165, 1.54) is 5.56 Å². The molecule has 3 rings (SSSR count). The summed E-state index contributed by atoms with van der Waals surface area (Å²) in [4.78, 5) is 13.7. The first-order valence-electron chi connectivity index (χ1n) is 6.54. The summed E-state index contributed by atoms with van der Waals surface area (Å²) in [6.07, 6.45) is 4.16. The molecule has 1 saturated heterocycles. The Morgan fingerprint density at radius 2 is 2.25 bits per heavy atom. The molecule has 1 aromatic carbocycles. The topological polar surface area (TPSA) is 25.2 Å². The minimum atomic E-state index is 0.154. The van der Waals surface area contributed by atoms with Crippen molar-refractivity contribution in [3.8, 4) is 5.69 Å². The predicted octanol–water partition coefficient (Wildman–Crippen LogP) is 3.83. The summed E-state index contributed by atoms with van der Waals surface area (Å²) in [6.45, 7) is 2.79. The van der Waals surface area contributed by atoms with Crippen LogP contribution in [0.2, 0.25) is 0 Å². The fourth-order valence-electron chi connectivity index (χ4n) is 2.43. The van der Waals surface area contributed by atoms with E-state index in [-0.39, 0.29) is 11.3 Å². The molecule has 0 N–H and O–H groups in total. The van der Waals surface area contributed by atoms with Gasteiger partial charge < -0.3 is 9.47 Å². The van der Waals surface area contributed by atoms with E-state index in [1.54, 1.807) is 11.8 Å². The summed E-state index contributed by atoms with van der Waals surface area (Å²) < 4.78 is 3.16. The number of hydrogen-bond donors (Lipinski definition) is 0. The zero-order valence-corrected chi connectivity index (χ0v) is 13.5. The number of benzene rings is 1. The van der Waals surface area contributed by atoms with Crippen molar-refractivity contribution >= 4 is 33.6 Å². The number of halogens is 1. The summed E-state index contributed by atoms with van der Waals surface area (Å²) in [5, 5.41) is 0.154. The summed E-state index contributed by atoms with van der Waals surface area (Å²) in [5.74, 6) is 0.818. The highest BCUT2D eigenvalue weighted by molar-refractivity contribution is 9.10. The lowest BCUT2D eigenvalue weighted by Gasteiger charge is -2.21. The number of rotatable bonds is 3. The lowest BCUT2D eigenvalue weighted by molar-refractivity contribution is -0.127. The van der Waals surface area contributed by atoms with Crippen molar-refractivity contribution in [3.05, 3.63) is 52.8 Å². The van der Waals surface area contributed by atoms with Gasteiger partial charge in [0.2, 0.25) is 5.91 Å². The maximum atomic E-state index is 11.8. The Labute approximate surface area is 131 Å². The van der Waals surface area contributed by atoms with Gasteiger partial charge in [-0.2, -0.15) is 0 Å². The van der Waals surface area contributed by atoms with Crippen molar-refractivity contribution in [2.24, 2.45) is 0 Å². The van der Waals surface area contributed by atoms with Gasteiger partial charge in [0.05, 0.1) is 5.75 Å². The summed E-state index contributed by atoms with van der Waals surface area (Å²) in [6, 6.07) is 10.3. The largest absolute Gasteiger partial charge is 0.326 e. The quantitative estimate of drug-likeness (QED) is 0.840. The Balaban J connectivity index is 1.89. The number of nitrogens with zero attached hydrogens (tertiary/aromatic N) is 2. The minimum absolute atomic E-state index is 0.154. The van der Waals surface area contributed by atoms with Crippen molar-refractivity contribution in [2.75, 3.05) is 12.3 Å². The second-order valence-electron chi connectivity index (χ2n) is 4.68. The molecule has 1 fully saturated rings. The van der Waals surface area contributed by atoms with E-state index >= 15 is 0 Å². The number of aromatic nitrogens is 1. The van der Waals surface area contributed by atoms with E-state index < -0.39 is 0 Å². The number of amides is 1. The van der Waals surface area contributed by atoms with Crippen molar-refractivity contribution in [2.45, 2.75) is 12.3 Å². The molecule has 5 heteroatoms. The van der Waals surface area contributed by atoms with E-state index in [1.807, 2.05) is 30.2 Å². The molecule has 20 heavy (non-hydrogen) atoms. The van der Waals surface area contributed by atoms with E-state index in [9.17, 15) is 4.79 Å². The van der Waals surface area contributed by atoms with E-state index in [2.05, 4.69) is 44.9 Å². The van der Waals surface area contributed by atoms with Gasteiger partial charge in [-0.05, 0) is 31.2 Å². The Hall–Kier alpha value is -1.20. The molecular weight excluding hydrogens is 336 g/mol. The average molecular weight is 351 g/mol. The van der Waals surface area contributed by atoms with Crippen LogP contribution in [0, 0.1) is 0 Å². The maximum absolute atomic E-state index is 11.8. The van der Waals surface area contributed by atoms with Crippen molar-refractivity contribution in [1.29, 1.82) is 0 Å². The van der Waals surface area contributed by atoms with E-state index in [0.717, 1.165) is 16.7 Å². The first-order chi connectivity index (χ1) is 9.69. The van der Waals surface area contributed by atoms with Crippen molar-refractivity contribution in [1.82, 2.24) is 9.47 Å². The van der Waals surface area contributed by atoms with Crippen LogP contribution in [0.3, 0.4) is 0 Å². The van der Waals surface area contributed by atoms with Crippen LogP contribution in [0.25, 0.3) is 5.69 Å². The van der Waals surface area contributed by atoms with Crippen LogP contribution in [0.5, 0.6) is 0 Å². The zero-order chi connectivity index (χ0) is 14.1. The molecule has 0 radical (unpaired) electrons. The summed E-state index contributed by atoms with van der Waals surface area (Å²) in [7, 11) is 0. The molecule has 104 valence electrons. The number of carbonyl (C=O) groups is 1. The molecule has 0 unspecified atom stereocenters. The van der Waals surface area contributed by atoms with Gasteiger partial charge in [0.15, 0.2) is 0 Å². The van der Waals surface area contributed by atoms with E-state index in [4.69, 9.17) is 0 Å². The van der Waals surface area contributed by atoms with Crippen molar-refractivity contribution in [3.63, 3.8) is 0 Å². The Bertz CT molecular complexity index is 640. The van der Waals surface area contributed by atoms with Crippen LogP contribution in [0.1, 0.15) is 17.9 Å². The Morgan fingerprint density at radius 1 is 1.40 bits per heavy atom. The zero-order valence-electron chi connectivity index (χ0n) is 11.1. The molecule has 0 bridgehead atoms. The van der Waals surface area contributed by atoms with Crippen LogP contribution >= 0.6 is 27.7 Å². The maximum Gasteiger partial charge on any atom is 0.233 e. The first kappa shape index (κ1) is 13.8. The van der Waals surface area contributed by atoms with Crippen LogP contribution in [-0.2, 0) is 4.79 Å². The van der Waals surface area contributed by atoms with Crippen molar-refractivity contribution < 1.29 is 4.79 Å². The number of thioether (sulfide) groups is 1. The molecule has 1 atom stereocenters. The highest BCUT2D eigenvalue weighted by Gasteiger charge is 2.31. The Kier molecular flexibility index (Phi) is 3.89. The van der Waals surface area contributed by atoms with Gasteiger partial charge in [-0.15, -0.1) is 11.8 Å². The van der Waals surface area contributed by atoms with Gasteiger partial charge in [-0.1, -0.05) is 22.0 Å². The standard InChI is InChI=1S/C15H15BrN2OS/c1-2-18-14(19)10-20-15(18)11-6-7-17(9-11)13-5-3-4-12(16)8-13/h3-9,15H,2,10H2,1H3/t15-/m0/s1. The molecule has 2 aromatic rings. The van der Waals surface area contributed by atoms with Crippen LogP contribution in [0.4, 0.5) is 0 Å². The van der Waals surface area contributed by atoms with Crippen LogP contribution in [0.15, 0.2) is 47.2 Å². The average Bonchev–Trinajstić information content (AvgIpc) is 3.04. The molecule has 2 heterocycles. The monoisotopic (exact) mass is 350 g/mol. The normalized spacial score (nSPS) is 18.8. The third-order valence-corrected chi connectivity index (χ3v) is 5.17. The second-order valence-corrected chi connectivity index (χ2v) is 6.66. The molecule has 0 saturated carbocycles. The lowest BCUT2D eigenvalue weighted by Crippen LogP contribution is -2.27. The second kappa shape index (κ2) is 5.66. The third kappa shape index (κ3) is 2.52. The highest BCUT2D eigenvalue weighted by Crippen LogP contribution is 2.38. The summed E-state index contributed by atoms with van der Waals surface area (Å²) >= 11 is 5.19. The molecule has 1 aliphatic heterocycles. The molecule has 0 aliphatic carbocycles. The van der Waals surface area contributed by atoms with Gasteiger partial charge in [0.1, 0.15) is 5.37 Å². The SMILES string of the molecule is CCN1C(=O)CS[C@H]1c1ccn(-c2cccc(Br)c2)c1.